The number of halogens is 2. The molecule has 1 N–H and O–H groups in total. The number of ether oxygens (including phenoxy) is 1. The predicted molar refractivity (Wildman–Crippen MR) is 150 cm³/mol. The van der Waals surface area contributed by atoms with Gasteiger partial charge in [0, 0.05) is 36.0 Å². The Kier molecular flexibility index (Phi) is 8.50. The highest BCUT2D eigenvalue weighted by Crippen LogP contribution is 2.26. The lowest BCUT2D eigenvalue weighted by atomic mass is 10.1. The molecule has 5 rings (SSSR count). The average Bonchev–Trinajstić information content (AvgIpc) is 3.42. The van der Waals surface area contributed by atoms with Gasteiger partial charge in [0.05, 0.1) is 16.8 Å². The lowest BCUT2D eigenvalue weighted by Crippen LogP contribution is -2.35. The molecule has 2 heterocycles. The van der Waals surface area contributed by atoms with Gasteiger partial charge >= 0.3 is 6.61 Å². The van der Waals surface area contributed by atoms with Crippen LogP contribution in [0.15, 0.2) is 95.1 Å². The molecule has 1 aromatic heterocycles. The molecule has 1 aliphatic heterocycles. The number of nitrogens with one attached hydrogen (secondary N) is 1. The summed E-state index contributed by atoms with van der Waals surface area (Å²) in [6.07, 6.45) is 5.75. The van der Waals surface area contributed by atoms with Crippen molar-refractivity contribution in [1.29, 1.82) is 0 Å². The van der Waals surface area contributed by atoms with Gasteiger partial charge in [0.25, 0.3) is 5.91 Å². The summed E-state index contributed by atoms with van der Waals surface area (Å²) in [6, 6.07) is 21.2. The van der Waals surface area contributed by atoms with E-state index in [0.717, 1.165) is 24.9 Å². The van der Waals surface area contributed by atoms with Gasteiger partial charge in [-0.25, -0.2) is 18.5 Å². The van der Waals surface area contributed by atoms with Crippen molar-refractivity contribution >= 4 is 22.1 Å². The molecule has 4 aromatic rings. The third-order valence-electron chi connectivity index (χ3n) is 6.53. The van der Waals surface area contributed by atoms with E-state index in [1.807, 2.05) is 30.3 Å². The molecule has 12 heteroatoms. The normalized spacial score (nSPS) is 14.4. The Bertz CT molecular complexity index is 1640. The van der Waals surface area contributed by atoms with E-state index in [9.17, 15) is 22.0 Å². The molecule has 41 heavy (non-hydrogen) atoms. The molecule has 0 radical (unpaired) electrons. The average molecular weight is 580 g/mol. The maximum atomic E-state index is 13.0. The van der Waals surface area contributed by atoms with Gasteiger partial charge in [-0.05, 0) is 67.4 Å². The first-order valence-corrected chi connectivity index (χ1v) is 14.4. The largest absolute Gasteiger partial charge is 0.435 e. The molecule has 1 aliphatic rings. The second kappa shape index (κ2) is 12.4. The lowest BCUT2D eigenvalue weighted by Gasteiger charge is -2.25. The number of sulfonamides is 1. The molecule has 1 saturated heterocycles. The first-order valence-electron chi connectivity index (χ1n) is 13.0. The zero-order chi connectivity index (χ0) is 28.8. The Morgan fingerprint density at radius 3 is 2.41 bits per heavy atom. The van der Waals surface area contributed by atoms with E-state index in [0.29, 0.717) is 29.9 Å². The van der Waals surface area contributed by atoms with Crippen LogP contribution >= 0.6 is 0 Å². The van der Waals surface area contributed by atoms with E-state index in [1.54, 1.807) is 23.0 Å². The van der Waals surface area contributed by atoms with Gasteiger partial charge in [0.1, 0.15) is 11.4 Å². The van der Waals surface area contributed by atoms with Crippen LogP contribution in [0.4, 0.5) is 8.78 Å². The third kappa shape index (κ3) is 6.67. The fourth-order valence-corrected chi connectivity index (χ4v) is 6.05. The first-order chi connectivity index (χ1) is 19.8. The van der Waals surface area contributed by atoms with Crippen molar-refractivity contribution in [1.82, 2.24) is 19.5 Å². The number of aromatic nitrogens is 2. The Hall–Kier alpha value is -4.42. The molecule has 212 valence electrons. The van der Waals surface area contributed by atoms with Gasteiger partial charge < -0.3 is 4.74 Å². The lowest BCUT2D eigenvalue weighted by molar-refractivity contribution is -0.0498. The molecular weight excluding hydrogens is 552 g/mol. The second-order valence-corrected chi connectivity index (χ2v) is 11.2. The van der Waals surface area contributed by atoms with E-state index in [1.165, 1.54) is 46.9 Å². The molecule has 0 atom stereocenters. The Morgan fingerprint density at radius 2 is 1.71 bits per heavy atom. The van der Waals surface area contributed by atoms with Crippen molar-refractivity contribution in [3.05, 3.63) is 96.2 Å². The summed E-state index contributed by atoms with van der Waals surface area (Å²) in [4.78, 5) is 12.9. The van der Waals surface area contributed by atoms with Crippen LogP contribution in [0.1, 0.15) is 35.2 Å². The van der Waals surface area contributed by atoms with Gasteiger partial charge in [-0.3, -0.25) is 4.79 Å². The number of carbonyl (C=O) groups is 1. The maximum Gasteiger partial charge on any atom is 0.387 e. The Balaban J connectivity index is 1.37. The third-order valence-corrected chi connectivity index (χ3v) is 8.43. The molecular formula is C29H27F2N5O4S. The summed E-state index contributed by atoms with van der Waals surface area (Å²) >= 11 is 0. The van der Waals surface area contributed by atoms with Crippen molar-refractivity contribution in [2.75, 3.05) is 13.1 Å². The number of alkyl halides is 2. The van der Waals surface area contributed by atoms with Gasteiger partial charge in [-0.15, -0.1) is 0 Å². The van der Waals surface area contributed by atoms with E-state index in [2.05, 4.69) is 20.4 Å². The highest BCUT2D eigenvalue weighted by atomic mass is 32.2. The smallest absolute Gasteiger partial charge is 0.387 e. The van der Waals surface area contributed by atoms with Crippen LogP contribution in [-0.2, 0) is 10.0 Å². The number of nitrogens with zero attached hydrogens (tertiary/aromatic N) is 4. The van der Waals surface area contributed by atoms with Crippen molar-refractivity contribution in [2.24, 2.45) is 5.10 Å². The van der Waals surface area contributed by atoms with E-state index in [-0.39, 0.29) is 16.2 Å². The van der Waals surface area contributed by atoms with Crippen LogP contribution in [0.25, 0.3) is 16.9 Å². The fraction of sp³-hybridized carbons (Fsp3) is 0.207. The summed E-state index contributed by atoms with van der Waals surface area (Å²) in [5, 5.41) is 8.72. The summed E-state index contributed by atoms with van der Waals surface area (Å²) < 4.78 is 58.7. The quantitative estimate of drug-likeness (QED) is 0.220. The van der Waals surface area contributed by atoms with Crippen LogP contribution in [0.5, 0.6) is 5.75 Å². The van der Waals surface area contributed by atoms with Crippen LogP contribution in [0.2, 0.25) is 0 Å². The minimum atomic E-state index is -3.70. The molecule has 0 saturated carbocycles. The second-order valence-electron chi connectivity index (χ2n) is 9.31. The van der Waals surface area contributed by atoms with Crippen LogP contribution in [0, 0.1) is 0 Å². The molecule has 0 aliphatic carbocycles. The highest BCUT2D eigenvalue weighted by Gasteiger charge is 2.26. The summed E-state index contributed by atoms with van der Waals surface area (Å²) in [6.45, 7) is -2.01. The van der Waals surface area contributed by atoms with Crippen molar-refractivity contribution in [3.63, 3.8) is 0 Å². The number of carbonyl (C=O) groups excluding carboxylic acids is 1. The predicted octanol–water partition coefficient (Wildman–Crippen LogP) is 5.08. The van der Waals surface area contributed by atoms with Crippen molar-refractivity contribution < 1.29 is 26.7 Å². The zero-order valence-electron chi connectivity index (χ0n) is 21.9. The van der Waals surface area contributed by atoms with Crippen LogP contribution < -0.4 is 10.2 Å². The standard InChI is InChI=1S/C29H27F2N5O4S/c30-29(31)40-25-14-12-21(13-15-25)27-23(20-36(34-27)24-9-3-1-4-10-24)19-32-33-28(37)22-8-7-11-26(18-22)41(38,39)35-16-5-2-6-17-35/h1,3-4,7-15,18-20,29H,2,5-6,16-17H2,(H,33,37)/b32-19-. The number of rotatable bonds is 9. The molecule has 1 amide bonds. The maximum absolute atomic E-state index is 13.0. The fourth-order valence-electron chi connectivity index (χ4n) is 4.49. The summed E-state index contributed by atoms with van der Waals surface area (Å²) in [7, 11) is -3.70. The summed E-state index contributed by atoms with van der Waals surface area (Å²) in [5.74, 6) is -0.569. The van der Waals surface area contributed by atoms with Crippen LogP contribution in [0.3, 0.4) is 0 Å². The van der Waals surface area contributed by atoms with Gasteiger partial charge in [0.15, 0.2) is 0 Å². The summed E-state index contributed by atoms with van der Waals surface area (Å²) in [5.41, 5.74) is 5.02. The van der Waals surface area contributed by atoms with E-state index in [4.69, 9.17) is 0 Å². The van der Waals surface area contributed by atoms with Gasteiger partial charge in [-0.2, -0.15) is 23.3 Å². The van der Waals surface area contributed by atoms with Gasteiger partial charge in [-0.1, -0.05) is 30.7 Å². The molecule has 9 nitrogen and oxygen atoms in total. The first kappa shape index (κ1) is 28.1. The topological polar surface area (TPSA) is 106 Å². The number of piperidine rings is 1. The number of hydrazone groups is 1. The van der Waals surface area contributed by atoms with Gasteiger partial charge in [0.2, 0.25) is 10.0 Å². The number of amides is 1. The molecule has 3 aromatic carbocycles. The number of hydrogen-bond donors (Lipinski definition) is 1. The SMILES string of the molecule is O=C(N/N=C\c1cn(-c2ccccc2)nc1-c1ccc(OC(F)F)cc1)c1cccc(S(=O)(=O)N2CCCCC2)c1. The molecule has 0 bridgehead atoms. The van der Waals surface area contributed by atoms with Crippen molar-refractivity contribution in [3.8, 4) is 22.7 Å². The number of benzene rings is 3. The molecule has 1 fully saturated rings. The molecule has 0 spiro atoms. The minimum Gasteiger partial charge on any atom is -0.435 e. The number of para-hydroxylation sites is 1. The van der Waals surface area contributed by atoms with E-state index < -0.39 is 22.5 Å². The Morgan fingerprint density at radius 1 is 0.976 bits per heavy atom. The zero-order valence-corrected chi connectivity index (χ0v) is 22.7. The van der Waals surface area contributed by atoms with E-state index >= 15 is 0 Å². The van der Waals surface area contributed by atoms with Crippen LogP contribution in [-0.4, -0.2) is 54.3 Å². The minimum absolute atomic E-state index is 0.0123. The highest BCUT2D eigenvalue weighted by molar-refractivity contribution is 7.89. The number of hydrogen-bond acceptors (Lipinski definition) is 6. The molecule has 0 unspecified atom stereocenters. The van der Waals surface area contributed by atoms with Crippen molar-refractivity contribution in [2.45, 2.75) is 30.8 Å². The monoisotopic (exact) mass is 579 g/mol. The Labute approximate surface area is 236 Å².